The van der Waals surface area contributed by atoms with Crippen LogP contribution in [0.2, 0.25) is 0 Å². The largest absolute Gasteiger partial charge is 0.366 e. The van der Waals surface area contributed by atoms with Gasteiger partial charge >= 0.3 is 6.03 Å². The molecule has 0 atom stereocenters. The van der Waals surface area contributed by atoms with E-state index in [1.807, 2.05) is 13.8 Å². The highest BCUT2D eigenvalue weighted by atomic mass is 32.1. The Labute approximate surface area is 143 Å². The molecule has 0 saturated carbocycles. The van der Waals surface area contributed by atoms with Gasteiger partial charge in [-0.15, -0.1) is 11.3 Å². The fourth-order valence-electron chi connectivity index (χ4n) is 1.84. The van der Waals surface area contributed by atoms with E-state index in [4.69, 9.17) is 5.73 Å². The quantitative estimate of drug-likeness (QED) is 0.667. The molecule has 0 aliphatic rings. The Balaban J connectivity index is 1.96. The maximum atomic E-state index is 12.1. The Morgan fingerprint density at radius 3 is 2.12 bits per heavy atom. The van der Waals surface area contributed by atoms with Gasteiger partial charge in [0.25, 0.3) is 5.91 Å². The summed E-state index contributed by atoms with van der Waals surface area (Å²) in [5.74, 6) is -0.897. The molecule has 5 N–H and O–H groups in total. The van der Waals surface area contributed by atoms with Crippen LogP contribution in [0.4, 0.5) is 16.2 Å². The lowest BCUT2D eigenvalue weighted by molar-refractivity contribution is 0.100. The average molecular weight is 346 g/mol. The van der Waals surface area contributed by atoms with Crippen LogP contribution in [0, 0.1) is 0 Å². The van der Waals surface area contributed by atoms with Crippen molar-refractivity contribution < 1.29 is 14.4 Å². The van der Waals surface area contributed by atoms with Crippen molar-refractivity contribution in [2.75, 3.05) is 10.6 Å². The van der Waals surface area contributed by atoms with E-state index in [1.165, 1.54) is 11.4 Å². The van der Waals surface area contributed by atoms with Crippen LogP contribution in [0.15, 0.2) is 35.7 Å². The predicted molar refractivity (Wildman–Crippen MR) is 94.5 cm³/mol. The predicted octanol–water partition coefficient (Wildman–Crippen LogP) is 2.63. The summed E-state index contributed by atoms with van der Waals surface area (Å²) in [6.07, 6.45) is 0. The number of nitrogens with one attached hydrogen (secondary N) is 3. The number of carbonyl (C=O) groups excluding carboxylic acids is 3. The van der Waals surface area contributed by atoms with Gasteiger partial charge in [-0.05, 0) is 44.2 Å². The lowest BCUT2D eigenvalue weighted by Crippen LogP contribution is -2.34. The normalized spacial score (nSPS) is 10.3. The minimum Gasteiger partial charge on any atom is -0.366 e. The van der Waals surface area contributed by atoms with Gasteiger partial charge in [0.1, 0.15) is 0 Å². The standard InChI is InChI=1S/C16H18N4O3S/c1-9(2)18-16(23)20-12-5-3-11(4-6-12)19-15(22)13-7-10(8-24-13)14(17)21/h3-9H,1-2H3,(H2,17,21)(H,19,22)(H2,18,20,23). The van der Waals surface area contributed by atoms with E-state index in [0.717, 1.165) is 11.3 Å². The Morgan fingerprint density at radius 2 is 1.62 bits per heavy atom. The van der Waals surface area contributed by atoms with Gasteiger partial charge in [0.05, 0.1) is 10.4 Å². The summed E-state index contributed by atoms with van der Waals surface area (Å²) in [7, 11) is 0. The molecule has 126 valence electrons. The number of amides is 4. The third kappa shape index (κ3) is 4.82. The first-order valence-corrected chi connectivity index (χ1v) is 8.10. The summed E-state index contributed by atoms with van der Waals surface area (Å²) in [5, 5.41) is 9.66. The first-order valence-electron chi connectivity index (χ1n) is 7.22. The molecule has 2 rings (SSSR count). The van der Waals surface area contributed by atoms with Crippen LogP contribution >= 0.6 is 11.3 Å². The number of urea groups is 1. The highest BCUT2D eigenvalue weighted by Crippen LogP contribution is 2.18. The third-order valence-electron chi connectivity index (χ3n) is 2.93. The summed E-state index contributed by atoms with van der Waals surface area (Å²) >= 11 is 1.14. The maximum absolute atomic E-state index is 12.1. The fourth-order valence-corrected chi connectivity index (χ4v) is 2.63. The van der Waals surface area contributed by atoms with Crippen LogP contribution in [0.3, 0.4) is 0 Å². The van der Waals surface area contributed by atoms with Crippen molar-refractivity contribution in [2.45, 2.75) is 19.9 Å². The molecule has 0 aliphatic heterocycles. The van der Waals surface area contributed by atoms with Crippen LogP contribution in [-0.2, 0) is 0 Å². The summed E-state index contributed by atoms with van der Waals surface area (Å²) in [6, 6.07) is 7.90. The zero-order chi connectivity index (χ0) is 17.7. The number of nitrogens with two attached hydrogens (primary N) is 1. The second-order valence-corrected chi connectivity index (χ2v) is 6.26. The van der Waals surface area contributed by atoms with Gasteiger partial charge in [-0.1, -0.05) is 0 Å². The fraction of sp³-hybridized carbons (Fsp3) is 0.188. The van der Waals surface area contributed by atoms with Gasteiger partial charge < -0.3 is 21.7 Å². The van der Waals surface area contributed by atoms with E-state index in [9.17, 15) is 14.4 Å². The smallest absolute Gasteiger partial charge is 0.319 e. The summed E-state index contributed by atoms with van der Waals surface area (Å²) in [6.45, 7) is 3.73. The second-order valence-electron chi connectivity index (χ2n) is 5.35. The minimum absolute atomic E-state index is 0.0413. The SMILES string of the molecule is CC(C)NC(=O)Nc1ccc(NC(=O)c2cc(C(N)=O)cs2)cc1. The zero-order valence-corrected chi connectivity index (χ0v) is 14.1. The Hall–Kier alpha value is -2.87. The molecule has 24 heavy (non-hydrogen) atoms. The number of hydrogen-bond donors (Lipinski definition) is 4. The van der Waals surface area contributed by atoms with E-state index in [1.54, 1.807) is 24.3 Å². The molecule has 0 aliphatic carbocycles. The Bertz CT molecular complexity index is 753. The van der Waals surface area contributed by atoms with Crippen molar-refractivity contribution in [1.82, 2.24) is 5.32 Å². The molecule has 4 amide bonds. The highest BCUT2D eigenvalue weighted by Gasteiger charge is 2.12. The van der Waals surface area contributed by atoms with Gasteiger partial charge in [-0.25, -0.2) is 4.79 Å². The Morgan fingerprint density at radius 1 is 1.04 bits per heavy atom. The highest BCUT2D eigenvalue weighted by molar-refractivity contribution is 7.12. The Kier molecular flexibility index (Phi) is 5.54. The molecule has 2 aromatic rings. The molecule has 0 radical (unpaired) electrons. The molecule has 1 aromatic heterocycles. The lowest BCUT2D eigenvalue weighted by atomic mass is 10.2. The number of rotatable bonds is 5. The number of primary amides is 1. The van der Waals surface area contributed by atoms with Crippen LogP contribution in [-0.4, -0.2) is 23.9 Å². The lowest BCUT2D eigenvalue weighted by Gasteiger charge is -2.10. The van der Waals surface area contributed by atoms with E-state index in [-0.39, 0.29) is 18.0 Å². The van der Waals surface area contributed by atoms with Gasteiger partial charge in [-0.3, -0.25) is 9.59 Å². The van der Waals surface area contributed by atoms with Crippen LogP contribution in [0.5, 0.6) is 0 Å². The zero-order valence-electron chi connectivity index (χ0n) is 13.3. The van der Waals surface area contributed by atoms with E-state index in [2.05, 4.69) is 16.0 Å². The molecular formula is C16H18N4O3S. The maximum Gasteiger partial charge on any atom is 0.319 e. The van der Waals surface area contributed by atoms with Crippen molar-refractivity contribution in [3.05, 3.63) is 46.2 Å². The second kappa shape index (κ2) is 7.60. The van der Waals surface area contributed by atoms with Crippen molar-refractivity contribution in [1.29, 1.82) is 0 Å². The van der Waals surface area contributed by atoms with Crippen molar-refractivity contribution in [3.8, 4) is 0 Å². The third-order valence-corrected chi connectivity index (χ3v) is 3.86. The van der Waals surface area contributed by atoms with E-state index >= 15 is 0 Å². The minimum atomic E-state index is -0.569. The number of thiophene rings is 1. The summed E-state index contributed by atoms with van der Waals surface area (Å²) in [4.78, 5) is 35.1. The van der Waals surface area contributed by atoms with Crippen LogP contribution in [0.1, 0.15) is 33.9 Å². The van der Waals surface area contributed by atoms with E-state index in [0.29, 0.717) is 21.8 Å². The topological polar surface area (TPSA) is 113 Å². The van der Waals surface area contributed by atoms with Crippen molar-refractivity contribution >= 4 is 40.6 Å². The molecule has 0 unspecified atom stereocenters. The first-order chi connectivity index (χ1) is 11.3. The molecule has 0 saturated heterocycles. The number of benzene rings is 1. The molecule has 7 nitrogen and oxygen atoms in total. The molecular weight excluding hydrogens is 328 g/mol. The molecule has 8 heteroatoms. The summed E-state index contributed by atoms with van der Waals surface area (Å²) in [5.41, 5.74) is 6.65. The molecule has 1 heterocycles. The van der Waals surface area contributed by atoms with Crippen molar-refractivity contribution in [2.24, 2.45) is 5.73 Å². The molecule has 0 bridgehead atoms. The first kappa shape index (κ1) is 17.5. The van der Waals surface area contributed by atoms with Crippen LogP contribution < -0.4 is 21.7 Å². The van der Waals surface area contributed by atoms with Crippen LogP contribution in [0.25, 0.3) is 0 Å². The van der Waals surface area contributed by atoms with Crippen molar-refractivity contribution in [3.63, 3.8) is 0 Å². The monoisotopic (exact) mass is 346 g/mol. The van der Waals surface area contributed by atoms with Gasteiger partial charge in [0, 0.05) is 22.8 Å². The molecule has 0 fully saturated rings. The van der Waals surface area contributed by atoms with E-state index < -0.39 is 5.91 Å². The number of anilines is 2. The number of carbonyl (C=O) groups is 3. The van der Waals surface area contributed by atoms with Gasteiger partial charge in [0.15, 0.2) is 0 Å². The van der Waals surface area contributed by atoms with Gasteiger partial charge in [-0.2, -0.15) is 0 Å². The molecule has 1 aromatic carbocycles. The average Bonchev–Trinajstić information content (AvgIpc) is 2.98. The van der Waals surface area contributed by atoms with Gasteiger partial charge in [0.2, 0.25) is 5.91 Å². The molecule has 0 spiro atoms. The summed E-state index contributed by atoms with van der Waals surface area (Å²) < 4.78 is 0. The number of hydrogen-bond acceptors (Lipinski definition) is 4.